The quantitative estimate of drug-likeness (QED) is 0.582. The predicted octanol–water partition coefficient (Wildman–Crippen LogP) is 1.48. The number of aliphatic hydroxyl groups is 1. The largest absolute Gasteiger partial charge is 0.396 e. The molecule has 3 heteroatoms. The SMILES string of the molecule is C=CCC(=O)NCC(CCC)CCO. The summed E-state index contributed by atoms with van der Waals surface area (Å²) in [6, 6.07) is 0. The van der Waals surface area contributed by atoms with Crippen LogP contribution >= 0.6 is 0 Å². The Balaban J connectivity index is 3.68. The fourth-order valence-electron chi connectivity index (χ4n) is 1.40. The van der Waals surface area contributed by atoms with Crippen LogP contribution in [0.1, 0.15) is 32.6 Å². The van der Waals surface area contributed by atoms with Gasteiger partial charge in [0.15, 0.2) is 0 Å². The molecule has 1 amide bonds. The molecule has 0 radical (unpaired) electrons. The van der Waals surface area contributed by atoms with E-state index in [-0.39, 0.29) is 12.5 Å². The highest BCUT2D eigenvalue weighted by Gasteiger charge is 2.08. The molecule has 2 N–H and O–H groups in total. The molecule has 0 bridgehead atoms. The van der Waals surface area contributed by atoms with Crippen LogP contribution in [0.5, 0.6) is 0 Å². The van der Waals surface area contributed by atoms with Crippen molar-refractivity contribution in [3.8, 4) is 0 Å². The fraction of sp³-hybridized carbons (Fsp3) is 0.727. The van der Waals surface area contributed by atoms with Gasteiger partial charge in [-0.3, -0.25) is 4.79 Å². The van der Waals surface area contributed by atoms with Gasteiger partial charge in [-0.05, 0) is 18.8 Å². The minimum Gasteiger partial charge on any atom is -0.396 e. The standard InChI is InChI=1S/C11H21NO2/c1-3-5-10(7-8-13)9-12-11(14)6-4-2/h4,10,13H,2-3,5-9H2,1H3,(H,12,14). The molecule has 0 saturated carbocycles. The van der Waals surface area contributed by atoms with Crippen molar-refractivity contribution < 1.29 is 9.90 Å². The van der Waals surface area contributed by atoms with Gasteiger partial charge in [-0.1, -0.05) is 19.4 Å². The molecule has 0 aromatic heterocycles. The number of amides is 1. The molecule has 0 saturated heterocycles. The normalized spacial score (nSPS) is 12.1. The highest BCUT2D eigenvalue weighted by atomic mass is 16.3. The molecule has 0 fully saturated rings. The summed E-state index contributed by atoms with van der Waals surface area (Å²) < 4.78 is 0. The van der Waals surface area contributed by atoms with Gasteiger partial charge >= 0.3 is 0 Å². The van der Waals surface area contributed by atoms with Crippen LogP contribution in [0, 0.1) is 5.92 Å². The molecule has 0 rings (SSSR count). The van der Waals surface area contributed by atoms with Gasteiger partial charge in [0.2, 0.25) is 5.91 Å². The lowest BCUT2D eigenvalue weighted by atomic mass is 10.0. The van der Waals surface area contributed by atoms with Crippen LogP contribution in [-0.2, 0) is 4.79 Å². The van der Waals surface area contributed by atoms with Crippen molar-refractivity contribution in [1.82, 2.24) is 5.32 Å². The van der Waals surface area contributed by atoms with E-state index < -0.39 is 0 Å². The zero-order valence-corrected chi connectivity index (χ0v) is 8.96. The molecule has 14 heavy (non-hydrogen) atoms. The lowest BCUT2D eigenvalue weighted by Gasteiger charge is -2.15. The molecular weight excluding hydrogens is 178 g/mol. The number of rotatable bonds is 8. The summed E-state index contributed by atoms with van der Waals surface area (Å²) in [5, 5.41) is 11.6. The zero-order valence-electron chi connectivity index (χ0n) is 8.96. The molecule has 1 unspecified atom stereocenters. The highest BCUT2D eigenvalue weighted by molar-refractivity contribution is 5.77. The average molecular weight is 199 g/mol. The summed E-state index contributed by atoms with van der Waals surface area (Å²) in [6.07, 6.45) is 4.87. The van der Waals surface area contributed by atoms with E-state index in [1.54, 1.807) is 6.08 Å². The van der Waals surface area contributed by atoms with Crippen molar-refractivity contribution in [3.63, 3.8) is 0 Å². The van der Waals surface area contributed by atoms with Crippen LogP contribution < -0.4 is 5.32 Å². The summed E-state index contributed by atoms with van der Waals surface area (Å²) in [4.78, 5) is 11.1. The van der Waals surface area contributed by atoms with Crippen molar-refractivity contribution in [2.24, 2.45) is 5.92 Å². The van der Waals surface area contributed by atoms with Crippen molar-refractivity contribution >= 4 is 5.91 Å². The Morgan fingerprint density at radius 1 is 1.57 bits per heavy atom. The second-order valence-corrected chi connectivity index (χ2v) is 3.46. The molecule has 82 valence electrons. The van der Waals surface area contributed by atoms with Gasteiger partial charge in [0.05, 0.1) is 0 Å². The maximum atomic E-state index is 11.1. The van der Waals surface area contributed by atoms with Crippen LogP contribution in [0.2, 0.25) is 0 Å². The second kappa shape index (κ2) is 8.75. The van der Waals surface area contributed by atoms with Gasteiger partial charge < -0.3 is 10.4 Å². The summed E-state index contributed by atoms with van der Waals surface area (Å²) in [7, 11) is 0. The number of nitrogens with one attached hydrogen (secondary N) is 1. The third kappa shape index (κ3) is 6.66. The Bertz CT molecular complexity index is 163. The van der Waals surface area contributed by atoms with Crippen molar-refractivity contribution in [1.29, 1.82) is 0 Å². The summed E-state index contributed by atoms with van der Waals surface area (Å²) in [5.74, 6) is 0.415. The van der Waals surface area contributed by atoms with Crippen LogP contribution in [0.15, 0.2) is 12.7 Å². The smallest absolute Gasteiger partial charge is 0.223 e. The average Bonchev–Trinajstić information content (AvgIpc) is 2.15. The van der Waals surface area contributed by atoms with E-state index in [1.807, 2.05) is 0 Å². The van der Waals surface area contributed by atoms with Gasteiger partial charge in [-0.15, -0.1) is 6.58 Å². The number of hydrogen-bond acceptors (Lipinski definition) is 2. The molecule has 0 spiro atoms. The van der Waals surface area contributed by atoms with E-state index in [0.717, 1.165) is 19.3 Å². The first kappa shape index (κ1) is 13.2. The molecule has 1 atom stereocenters. The topological polar surface area (TPSA) is 49.3 Å². The van der Waals surface area contributed by atoms with E-state index in [0.29, 0.717) is 18.9 Å². The van der Waals surface area contributed by atoms with Crippen molar-refractivity contribution in [2.45, 2.75) is 32.6 Å². The molecule has 0 aromatic rings. The van der Waals surface area contributed by atoms with Crippen LogP contribution in [0.4, 0.5) is 0 Å². The maximum Gasteiger partial charge on any atom is 0.223 e. The highest BCUT2D eigenvalue weighted by Crippen LogP contribution is 2.09. The van der Waals surface area contributed by atoms with E-state index in [9.17, 15) is 4.79 Å². The summed E-state index contributed by atoms with van der Waals surface area (Å²) in [6.45, 7) is 6.47. The number of aliphatic hydroxyl groups excluding tert-OH is 1. The van der Waals surface area contributed by atoms with E-state index in [1.165, 1.54) is 0 Å². The summed E-state index contributed by atoms with van der Waals surface area (Å²) in [5.41, 5.74) is 0. The molecule has 0 heterocycles. The lowest BCUT2D eigenvalue weighted by molar-refractivity contribution is -0.120. The summed E-state index contributed by atoms with van der Waals surface area (Å²) >= 11 is 0. The third-order valence-corrected chi connectivity index (χ3v) is 2.15. The van der Waals surface area contributed by atoms with Crippen LogP contribution in [-0.4, -0.2) is 24.2 Å². The Morgan fingerprint density at radius 3 is 2.79 bits per heavy atom. The fourth-order valence-corrected chi connectivity index (χ4v) is 1.40. The molecular formula is C11H21NO2. The second-order valence-electron chi connectivity index (χ2n) is 3.46. The van der Waals surface area contributed by atoms with E-state index in [2.05, 4.69) is 18.8 Å². The first-order chi connectivity index (χ1) is 6.74. The Labute approximate surface area is 86.2 Å². The van der Waals surface area contributed by atoms with Crippen molar-refractivity contribution in [2.75, 3.05) is 13.2 Å². The van der Waals surface area contributed by atoms with Gasteiger partial charge in [0.25, 0.3) is 0 Å². The van der Waals surface area contributed by atoms with Gasteiger partial charge in [-0.25, -0.2) is 0 Å². The molecule has 0 aliphatic carbocycles. The first-order valence-corrected chi connectivity index (χ1v) is 5.23. The van der Waals surface area contributed by atoms with Crippen molar-refractivity contribution in [3.05, 3.63) is 12.7 Å². The monoisotopic (exact) mass is 199 g/mol. The Hall–Kier alpha value is -0.830. The van der Waals surface area contributed by atoms with Gasteiger partial charge in [-0.2, -0.15) is 0 Å². The number of carbonyl (C=O) groups is 1. The number of hydrogen-bond donors (Lipinski definition) is 2. The third-order valence-electron chi connectivity index (χ3n) is 2.15. The van der Waals surface area contributed by atoms with Crippen LogP contribution in [0.25, 0.3) is 0 Å². The lowest BCUT2D eigenvalue weighted by Crippen LogP contribution is -2.29. The minimum absolute atomic E-state index is 0.0130. The molecule has 3 nitrogen and oxygen atoms in total. The molecule has 0 aromatic carbocycles. The molecule has 0 aliphatic heterocycles. The zero-order chi connectivity index (χ0) is 10.8. The van der Waals surface area contributed by atoms with E-state index >= 15 is 0 Å². The van der Waals surface area contributed by atoms with Gasteiger partial charge in [0, 0.05) is 19.6 Å². The Kier molecular flexibility index (Phi) is 8.24. The maximum absolute atomic E-state index is 11.1. The Morgan fingerprint density at radius 2 is 2.29 bits per heavy atom. The molecule has 0 aliphatic rings. The minimum atomic E-state index is 0.0130. The predicted molar refractivity (Wildman–Crippen MR) is 57.9 cm³/mol. The first-order valence-electron chi connectivity index (χ1n) is 5.23. The van der Waals surface area contributed by atoms with E-state index in [4.69, 9.17) is 5.11 Å². The number of carbonyl (C=O) groups excluding carboxylic acids is 1. The van der Waals surface area contributed by atoms with Crippen LogP contribution in [0.3, 0.4) is 0 Å². The van der Waals surface area contributed by atoms with Gasteiger partial charge in [0.1, 0.15) is 0 Å².